The summed E-state index contributed by atoms with van der Waals surface area (Å²) in [6.07, 6.45) is -1.07. The molecule has 1 aromatic heterocycles. The molecule has 7 heteroatoms. The Morgan fingerprint density at radius 3 is 2.54 bits per heavy atom. The first-order valence-corrected chi connectivity index (χ1v) is 9.40. The maximum Gasteiger partial charge on any atom is 0.349 e. The highest BCUT2D eigenvalue weighted by atomic mass is 32.1. The van der Waals surface area contributed by atoms with Crippen molar-refractivity contribution in [3.63, 3.8) is 0 Å². The summed E-state index contributed by atoms with van der Waals surface area (Å²) in [6, 6.07) is 11.1. The molecule has 0 saturated heterocycles. The largest absolute Gasteiger partial charge is 0.448 e. The van der Waals surface area contributed by atoms with E-state index >= 15 is 0 Å². The topological polar surface area (TPSA) is 72.5 Å². The number of halogens is 1. The molecule has 0 aliphatic carbocycles. The van der Waals surface area contributed by atoms with E-state index in [0.717, 1.165) is 11.3 Å². The van der Waals surface area contributed by atoms with Gasteiger partial charge in [-0.1, -0.05) is 18.2 Å². The number of Topliss-reactive ketones (excluding diaryl/α,β-unsaturated/α-hetero) is 1. The number of carbonyl (C=O) groups is 3. The normalized spacial score (nSPS) is 11.9. The summed E-state index contributed by atoms with van der Waals surface area (Å²) in [5.41, 5.74) is 1.39. The second-order valence-electron chi connectivity index (χ2n) is 6.34. The molecule has 0 unspecified atom stereocenters. The molecule has 0 saturated carbocycles. The lowest BCUT2D eigenvalue weighted by Gasteiger charge is -2.13. The zero-order valence-corrected chi connectivity index (χ0v) is 16.4. The Labute approximate surface area is 165 Å². The first-order valence-electron chi connectivity index (χ1n) is 8.58. The summed E-state index contributed by atoms with van der Waals surface area (Å²) in [5.74, 6) is -1.73. The number of fused-ring (bicyclic) bond motifs is 1. The number of ketones is 1. The molecule has 1 atom stereocenters. The second kappa shape index (κ2) is 7.90. The van der Waals surface area contributed by atoms with E-state index in [2.05, 4.69) is 5.32 Å². The number of esters is 1. The van der Waals surface area contributed by atoms with Crippen LogP contribution >= 0.6 is 11.3 Å². The summed E-state index contributed by atoms with van der Waals surface area (Å²) in [6.45, 7) is 4.53. The van der Waals surface area contributed by atoms with Crippen molar-refractivity contribution in [3.8, 4) is 0 Å². The molecule has 3 rings (SSSR count). The molecule has 0 aliphatic rings. The molecule has 3 aromatic rings. The average molecular weight is 399 g/mol. The van der Waals surface area contributed by atoms with Crippen molar-refractivity contribution in [2.45, 2.75) is 26.9 Å². The van der Waals surface area contributed by atoms with Crippen LogP contribution in [0.4, 0.5) is 10.1 Å². The highest BCUT2D eigenvalue weighted by molar-refractivity contribution is 7.21. The van der Waals surface area contributed by atoms with Gasteiger partial charge in [0.2, 0.25) is 0 Å². The summed E-state index contributed by atoms with van der Waals surface area (Å²) in [4.78, 5) is 36.5. The van der Waals surface area contributed by atoms with Crippen LogP contribution in [-0.4, -0.2) is 23.8 Å². The zero-order valence-electron chi connectivity index (χ0n) is 15.5. The number of rotatable bonds is 5. The molecule has 0 bridgehead atoms. The van der Waals surface area contributed by atoms with Gasteiger partial charge in [-0.05, 0) is 50.6 Å². The smallest absolute Gasteiger partial charge is 0.349 e. The second-order valence-corrected chi connectivity index (χ2v) is 7.40. The molecule has 1 N–H and O–H groups in total. The van der Waals surface area contributed by atoms with Crippen LogP contribution in [0.15, 0.2) is 42.5 Å². The monoisotopic (exact) mass is 399 g/mol. The number of nitrogens with one attached hydrogen (secondary N) is 1. The van der Waals surface area contributed by atoms with Gasteiger partial charge in [-0.15, -0.1) is 11.3 Å². The van der Waals surface area contributed by atoms with E-state index < -0.39 is 23.8 Å². The molecule has 0 spiro atoms. The number of benzene rings is 2. The molecule has 0 aliphatic heterocycles. The molecule has 144 valence electrons. The van der Waals surface area contributed by atoms with Gasteiger partial charge in [0, 0.05) is 21.3 Å². The number of hydrogen-bond acceptors (Lipinski definition) is 5. The third-order valence-electron chi connectivity index (χ3n) is 4.28. The maximum atomic E-state index is 14.0. The summed E-state index contributed by atoms with van der Waals surface area (Å²) in [7, 11) is 0. The number of carbonyl (C=O) groups excluding carboxylic acids is 3. The number of anilines is 1. The van der Waals surface area contributed by atoms with Crippen molar-refractivity contribution in [1.82, 2.24) is 0 Å². The van der Waals surface area contributed by atoms with Gasteiger partial charge in [-0.25, -0.2) is 9.18 Å². The molecule has 5 nitrogen and oxygen atoms in total. The highest BCUT2D eigenvalue weighted by Gasteiger charge is 2.23. The van der Waals surface area contributed by atoms with Crippen LogP contribution in [0.25, 0.3) is 10.1 Å². The fraction of sp³-hybridized carbons (Fsp3) is 0.190. The van der Waals surface area contributed by atoms with E-state index in [0.29, 0.717) is 26.9 Å². The quantitative estimate of drug-likeness (QED) is 0.497. The predicted molar refractivity (Wildman–Crippen MR) is 106 cm³/mol. The lowest BCUT2D eigenvalue weighted by atomic mass is 10.1. The van der Waals surface area contributed by atoms with Crippen LogP contribution in [0.3, 0.4) is 0 Å². The molecule has 1 heterocycles. The Morgan fingerprint density at radius 1 is 1.14 bits per heavy atom. The highest BCUT2D eigenvalue weighted by Crippen LogP contribution is 2.33. The summed E-state index contributed by atoms with van der Waals surface area (Å²) >= 11 is 1.13. The van der Waals surface area contributed by atoms with Crippen LogP contribution in [0, 0.1) is 12.7 Å². The third-order valence-corrected chi connectivity index (χ3v) is 5.52. The first kappa shape index (κ1) is 19.7. The fourth-order valence-corrected chi connectivity index (χ4v) is 3.88. The van der Waals surface area contributed by atoms with E-state index in [1.165, 1.54) is 19.9 Å². The molecule has 2 aromatic carbocycles. The average Bonchev–Trinajstić information content (AvgIpc) is 3.00. The number of thiophene rings is 1. The van der Waals surface area contributed by atoms with Crippen LogP contribution in [-0.2, 0) is 9.53 Å². The van der Waals surface area contributed by atoms with E-state index in [-0.39, 0.29) is 10.7 Å². The minimum atomic E-state index is -1.07. The standard InChI is InChI=1S/C21H18FNO4S/c1-11-18-16(22)8-5-9-17(18)28-19(11)21(26)27-13(3)20(25)23-15-7-4-6-14(10-15)12(2)24/h4-10,13H,1-3H3,(H,23,25)/t13-/m0/s1. The molecule has 0 radical (unpaired) electrons. The van der Waals surface area contributed by atoms with Gasteiger partial charge in [-0.2, -0.15) is 0 Å². The molecule has 28 heavy (non-hydrogen) atoms. The minimum Gasteiger partial charge on any atom is -0.448 e. The van der Waals surface area contributed by atoms with Gasteiger partial charge in [0.15, 0.2) is 11.9 Å². The number of aryl methyl sites for hydroxylation is 1. The van der Waals surface area contributed by atoms with Crippen LogP contribution in [0.5, 0.6) is 0 Å². The Morgan fingerprint density at radius 2 is 1.86 bits per heavy atom. The van der Waals surface area contributed by atoms with Crippen molar-refractivity contribution < 1.29 is 23.5 Å². The van der Waals surface area contributed by atoms with E-state index in [4.69, 9.17) is 4.74 Å². The lowest BCUT2D eigenvalue weighted by molar-refractivity contribution is -0.123. The molecular weight excluding hydrogens is 381 g/mol. The Kier molecular flexibility index (Phi) is 5.56. The predicted octanol–water partition coefficient (Wildman–Crippen LogP) is 4.74. The molecule has 1 amide bonds. The van der Waals surface area contributed by atoms with Gasteiger partial charge < -0.3 is 10.1 Å². The van der Waals surface area contributed by atoms with Gasteiger partial charge in [0.1, 0.15) is 10.7 Å². The molecule has 0 fully saturated rings. The van der Waals surface area contributed by atoms with Crippen molar-refractivity contribution in [2.24, 2.45) is 0 Å². The van der Waals surface area contributed by atoms with E-state index in [9.17, 15) is 18.8 Å². The summed E-state index contributed by atoms with van der Waals surface area (Å²) < 4.78 is 19.9. The van der Waals surface area contributed by atoms with Crippen molar-refractivity contribution in [3.05, 3.63) is 64.3 Å². The van der Waals surface area contributed by atoms with Crippen LogP contribution in [0.2, 0.25) is 0 Å². The third kappa shape index (κ3) is 3.94. The Hall–Kier alpha value is -3.06. The van der Waals surface area contributed by atoms with Gasteiger partial charge in [0.05, 0.1) is 0 Å². The van der Waals surface area contributed by atoms with Crippen molar-refractivity contribution in [2.75, 3.05) is 5.32 Å². The van der Waals surface area contributed by atoms with Crippen LogP contribution in [0.1, 0.15) is 39.4 Å². The minimum absolute atomic E-state index is 0.122. The van der Waals surface area contributed by atoms with Crippen molar-refractivity contribution >= 4 is 44.8 Å². The number of amides is 1. The van der Waals surface area contributed by atoms with Crippen molar-refractivity contribution in [1.29, 1.82) is 0 Å². The van der Waals surface area contributed by atoms with Gasteiger partial charge >= 0.3 is 5.97 Å². The Balaban J connectivity index is 1.73. The first-order chi connectivity index (χ1) is 13.3. The number of hydrogen-bond donors (Lipinski definition) is 1. The number of ether oxygens (including phenoxy) is 1. The molecular formula is C21H18FNO4S. The van der Waals surface area contributed by atoms with E-state index in [1.807, 2.05) is 0 Å². The zero-order chi connectivity index (χ0) is 20.4. The maximum absolute atomic E-state index is 14.0. The van der Waals surface area contributed by atoms with Crippen LogP contribution < -0.4 is 5.32 Å². The summed E-state index contributed by atoms with van der Waals surface area (Å²) in [5, 5.41) is 3.01. The van der Waals surface area contributed by atoms with Gasteiger partial charge in [-0.3, -0.25) is 9.59 Å². The Bertz CT molecular complexity index is 1090. The van der Waals surface area contributed by atoms with E-state index in [1.54, 1.807) is 43.3 Å². The van der Waals surface area contributed by atoms with Gasteiger partial charge in [0.25, 0.3) is 5.91 Å². The SMILES string of the molecule is CC(=O)c1cccc(NC(=O)[C@H](C)OC(=O)c2sc3cccc(F)c3c2C)c1. The fourth-order valence-electron chi connectivity index (χ4n) is 2.78. The lowest BCUT2D eigenvalue weighted by Crippen LogP contribution is -2.30.